The summed E-state index contributed by atoms with van der Waals surface area (Å²) in [7, 11) is -1.18. The van der Waals surface area contributed by atoms with Gasteiger partial charge < -0.3 is 9.05 Å². The predicted octanol–water partition coefficient (Wildman–Crippen LogP) is 1.97. The van der Waals surface area contributed by atoms with E-state index in [1.807, 2.05) is 0 Å². The van der Waals surface area contributed by atoms with Crippen LogP contribution in [0.4, 0.5) is 0 Å². The van der Waals surface area contributed by atoms with Crippen molar-refractivity contribution in [2.24, 2.45) is 0 Å². The normalized spacial score (nSPS) is 11.0. The van der Waals surface area contributed by atoms with Crippen molar-refractivity contribution >= 4 is 13.1 Å². The molecule has 5 heteroatoms. The van der Waals surface area contributed by atoms with Crippen LogP contribution in [0.1, 0.15) is 13.8 Å². The van der Waals surface area contributed by atoms with Gasteiger partial charge in [0.25, 0.3) is 5.52 Å². The van der Waals surface area contributed by atoms with Crippen molar-refractivity contribution in [2.75, 3.05) is 14.2 Å². The highest BCUT2D eigenvalue weighted by molar-refractivity contribution is 7.72. The molecule has 0 fully saturated rings. The first kappa shape index (κ1) is 11.6. The van der Waals surface area contributed by atoms with Crippen LogP contribution in [0.5, 0.6) is 0 Å². The molecular formula is C7H13O4P. The second kappa shape index (κ2) is 4.55. The van der Waals surface area contributed by atoms with Gasteiger partial charge in [0.15, 0.2) is 0 Å². The maximum Gasteiger partial charge on any atom is 0.400 e. The molecule has 0 heterocycles. The molecule has 0 amide bonds. The third-order valence-electron chi connectivity index (χ3n) is 1.16. The van der Waals surface area contributed by atoms with Gasteiger partial charge in [-0.1, -0.05) is 5.57 Å². The van der Waals surface area contributed by atoms with Crippen molar-refractivity contribution in [3.8, 4) is 0 Å². The van der Waals surface area contributed by atoms with Crippen molar-refractivity contribution in [2.45, 2.75) is 13.8 Å². The molecule has 70 valence electrons. The van der Waals surface area contributed by atoms with Gasteiger partial charge in [0.1, 0.15) is 0 Å². The summed E-state index contributed by atoms with van der Waals surface area (Å²) in [6.07, 6.45) is 1.24. The Kier molecular flexibility index (Phi) is 4.39. The number of hydrogen-bond acceptors (Lipinski definition) is 4. The van der Waals surface area contributed by atoms with Gasteiger partial charge in [0.05, 0.1) is 0 Å². The fourth-order valence-electron chi connectivity index (χ4n) is 0.580. The van der Waals surface area contributed by atoms with E-state index in [1.165, 1.54) is 20.3 Å². The molecule has 0 unspecified atom stereocenters. The molecule has 4 nitrogen and oxygen atoms in total. The molecule has 0 rings (SSSR count). The summed E-state index contributed by atoms with van der Waals surface area (Å²) in [6, 6.07) is 0. The highest BCUT2D eigenvalue weighted by atomic mass is 31.2. The van der Waals surface area contributed by atoms with E-state index >= 15 is 0 Å². The van der Waals surface area contributed by atoms with Gasteiger partial charge in [-0.05, 0) is 19.9 Å². The van der Waals surface area contributed by atoms with Crippen LogP contribution in [0.2, 0.25) is 0 Å². The molecule has 0 aliphatic heterocycles. The van der Waals surface area contributed by atoms with Gasteiger partial charge in [0, 0.05) is 14.2 Å². The van der Waals surface area contributed by atoms with E-state index in [2.05, 4.69) is 9.05 Å². The quantitative estimate of drug-likeness (QED) is 0.504. The summed E-state index contributed by atoms with van der Waals surface area (Å²) in [4.78, 5) is 11.1. The topological polar surface area (TPSA) is 52.6 Å². The van der Waals surface area contributed by atoms with E-state index in [1.54, 1.807) is 13.8 Å². The highest BCUT2D eigenvalue weighted by Gasteiger charge is 2.29. The number of rotatable bonds is 4. The summed E-state index contributed by atoms with van der Waals surface area (Å²) in [5.41, 5.74) is 0.141. The van der Waals surface area contributed by atoms with Crippen molar-refractivity contribution in [3.05, 3.63) is 11.6 Å². The maximum absolute atomic E-state index is 11.3. The molecule has 0 aromatic rings. The molecule has 0 aliphatic carbocycles. The lowest BCUT2D eigenvalue weighted by Gasteiger charge is -2.09. The monoisotopic (exact) mass is 192 g/mol. The molecular weight excluding hydrogens is 179 g/mol. The lowest BCUT2D eigenvalue weighted by atomic mass is 10.3. The first-order valence-electron chi connectivity index (χ1n) is 3.37. The van der Waals surface area contributed by atoms with Gasteiger partial charge in [-0.3, -0.25) is 9.36 Å². The van der Waals surface area contributed by atoms with E-state index in [-0.39, 0.29) is 0 Å². The van der Waals surface area contributed by atoms with Gasteiger partial charge >= 0.3 is 7.60 Å². The van der Waals surface area contributed by atoms with Crippen LogP contribution in [-0.4, -0.2) is 19.7 Å². The molecule has 0 N–H and O–H groups in total. The van der Waals surface area contributed by atoms with Crippen molar-refractivity contribution in [1.29, 1.82) is 0 Å². The van der Waals surface area contributed by atoms with Gasteiger partial charge in [-0.2, -0.15) is 0 Å². The van der Waals surface area contributed by atoms with Crippen LogP contribution in [0, 0.1) is 0 Å². The van der Waals surface area contributed by atoms with Gasteiger partial charge in [0.2, 0.25) is 0 Å². The van der Waals surface area contributed by atoms with Crippen LogP contribution in [0.3, 0.4) is 0 Å². The molecule has 0 radical (unpaired) electrons. The van der Waals surface area contributed by atoms with Crippen LogP contribution >= 0.6 is 7.60 Å². The minimum Gasteiger partial charge on any atom is -0.306 e. The smallest absolute Gasteiger partial charge is 0.306 e. The van der Waals surface area contributed by atoms with Gasteiger partial charge in [-0.25, -0.2) is 0 Å². The Balaban J connectivity index is 4.67. The number of carbonyl (C=O) groups is 1. The first-order chi connectivity index (χ1) is 5.46. The number of hydrogen-bond donors (Lipinski definition) is 0. The van der Waals surface area contributed by atoms with Crippen LogP contribution < -0.4 is 0 Å². The molecule has 0 bridgehead atoms. The number of allylic oxidation sites excluding steroid dienone is 2. The zero-order chi connectivity index (χ0) is 9.78. The first-order valence-corrected chi connectivity index (χ1v) is 4.91. The Hall–Kier alpha value is -0.440. The van der Waals surface area contributed by atoms with Crippen LogP contribution in [0.15, 0.2) is 11.6 Å². The van der Waals surface area contributed by atoms with E-state index < -0.39 is 13.1 Å². The standard InChI is InChI=1S/C7H13O4P/c1-6(2)5-7(8)12(9,10-3)11-4/h5H,1-4H3. The third kappa shape index (κ3) is 2.89. The van der Waals surface area contributed by atoms with E-state index in [0.29, 0.717) is 0 Å². The Morgan fingerprint density at radius 1 is 1.25 bits per heavy atom. The second-order valence-corrected chi connectivity index (χ2v) is 4.59. The Morgan fingerprint density at radius 3 is 1.92 bits per heavy atom. The molecule has 0 aromatic heterocycles. The molecule has 0 aliphatic rings. The fraction of sp³-hybridized carbons (Fsp3) is 0.571. The van der Waals surface area contributed by atoms with Crippen molar-refractivity contribution in [1.82, 2.24) is 0 Å². The van der Waals surface area contributed by atoms with Crippen molar-refractivity contribution < 1.29 is 18.4 Å². The molecule has 0 saturated heterocycles. The van der Waals surface area contributed by atoms with Gasteiger partial charge in [-0.15, -0.1) is 0 Å². The average Bonchev–Trinajstić information content (AvgIpc) is 2.02. The summed E-state index contributed by atoms with van der Waals surface area (Å²) in [5.74, 6) is 0. The average molecular weight is 192 g/mol. The Labute approximate surface area is 72.1 Å². The molecule has 0 aromatic carbocycles. The third-order valence-corrected chi connectivity index (χ3v) is 2.79. The summed E-state index contributed by atoms with van der Waals surface area (Å²) >= 11 is 0. The van der Waals surface area contributed by atoms with Crippen LogP contribution in [-0.2, 0) is 18.4 Å². The lowest BCUT2D eigenvalue weighted by Crippen LogP contribution is -2.00. The molecule has 0 saturated carbocycles. The zero-order valence-electron chi connectivity index (χ0n) is 7.66. The van der Waals surface area contributed by atoms with Crippen molar-refractivity contribution in [3.63, 3.8) is 0 Å². The minimum atomic E-state index is -3.54. The lowest BCUT2D eigenvalue weighted by molar-refractivity contribution is -0.109. The minimum absolute atomic E-state index is 0.618. The molecule has 0 atom stereocenters. The van der Waals surface area contributed by atoms with E-state index in [9.17, 15) is 9.36 Å². The summed E-state index contributed by atoms with van der Waals surface area (Å²) < 4.78 is 20.3. The summed E-state index contributed by atoms with van der Waals surface area (Å²) in [6.45, 7) is 3.46. The zero-order valence-corrected chi connectivity index (χ0v) is 8.55. The highest BCUT2D eigenvalue weighted by Crippen LogP contribution is 2.47. The summed E-state index contributed by atoms with van der Waals surface area (Å²) in [5, 5.41) is 0. The largest absolute Gasteiger partial charge is 0.400 e. The van der Waals surface area contributed by atoms with E-state index in [0.717, 1.165) is 5.57 Å². The SMILES string of the molecule is COP(=O)(OC)C(=O)C=C(C)C. The fourth-order valence-corrected chi connectivity index (χ4v) is 1.51. The molecule has 12 heavy (non-hydrogen) atoms. The predicted molar refractivity (Wildman–Crippen MR) is 46.1 cm³/mol. The molecule has 0 spiro atoms. The Morgan fingerprint density at radius 2 is 1.67 bits per heavy atom. The second-order valence-electron chi connectivity index (χ2n) is 2.42. The van der Waals surface area contributed by atoms with Crippen LogP contribution in [0.25, 0.3) is 0 Å². The van der Waals surface area contributed by atoms with E-state index in [4.69, 9.17) is 0 Å². The Bertz CT molecular complexity index is 232. The maximum atomic E-state index is 11.3. The number of carbonyl (C=O) groups excluding carboxylic acids is 1.